The summed E-state index contributed by atoms with van der Waals surface area (Å²) < 4.78 is 22.9. The molecule has 0 bridgehead atoms. The van der Waals surface area contributed by atoms with Crippen molar-refractivity contribution in [2.75, 3.05) is 37.6 Å². The van der Waals surface area contributed by atoms with E-state index >= 15 is 0 Å². The molecule has 8 nitrogen and oxygen atoms in total. The van der Waals surface area contributed by atoms with Gasteiger partial charge in [0.25, 0.3) is 0 Å². The van der Waals surface area contributed by atoms with Gasteiger partial charge < -0.3 is 24.3 Å². The molecule has 8 heteroatoms. The summed E-state index contributed by atoms with van der Waals surface area (Å²) in [6, 6.07) is 18.3. The van der Waals surface area contributed by atoms with E-state index in [9.17, 15) is 4.79 Å². The van der Waals surface area contributed by atoms with Gasteiger partial charge >= 0.3 is 6.03 Å². The van der Waals surface area contributed by atoms with Crippen molar-refractivity contribution in [1.29, 1.82) is 0 Å². The Morgan fingerprint density at radius 1 is 0.971 bits per heavy atom. The molecule has 0 fully saturated rings. The molecule has 178 valence electrons. The molecule has 35 heavy (non-hydrogen) atoms. The number of nitrogens with one attached hydrogen (secondary N) is 1. The molecule has 3 aromatic carbocycles. The lowest BCUT2D eigenvalue weighted by molar-refractivity contribution is 0.250. The lowest BCUT2D eigenvalue weighted by atomic mass is 10.1. The van der Waals surface area contributed by atoms with E-state index < -0.39 is 0 Å². The second-order valence-corrected chi connectivity index (χ2v) is 8.06. The van der Waals surface area contributed by atoms with Crippen LogP contribution in [-0.2, 0) is 0 Å². The molecule has 2 heterocycles. The molecule has 1 N–H and O–H groups in total. The standard InChI is InChI=1S/C27H25N3O5/c1-17-4-6-18(7-5-17)29-27(31)30-12-13-34-24-14-19(8-9-22(24)30)35-23-10-11-28-21-16-26(33-3)25(32-2)15-20(21)23/h4-11,14-16H,12-13H2,1-3H3,(H,29,31). The van der Waals surface area contributed by atoms with Crippen LogP contribution < -0.4 is 29.2 Å². The van der Waals surface area contributed by atoms with E-state index in [1.165, 1.54) is 0 Å². The number of carbonyl (C=O) groups is 1. The molecule has 5 rings (SSSR count). The normalized spacial score (nSPS) is 12.5. The fourth-order valence-corrected chi connectivity index (χ4v) is 3.97. The van der Waals surface area contributed by atoms with Crippen LogP contribution in [0.4, 0.5) is 16.2 Å². The highest BCUT2D eigenvalue weighted by molar-refractivity contribution is 6.03. The number of aromatic nitrogens is 1. The maximum absolute atomic E-state index is 12.9. The summed E-state index contributed by atoms with van der Waals surface area (Å²) >= 11 is 0. The molecule has 0 atom stereocenters. The lowest BCUT2D eigenvalue weighted by Gasteiger charge is -2.30. The van der Waals surface area contributed by atoms with Crippen LogP contribution >= 0.6 is 0 Å². The van der Waals surface area contributed by atoms with Crippen LogP contribution in [0.2, 0.25) is 0 Å². The number of aryl methyl sites for hydroxylation is 1. The zero-order chi connectivity index (χ0) is 24.4. The molecule has 1 aliphatic heterocycles. The Hall–Kier alpha value is -4.46. The number of methoxy groups -OCH3 is 2. The molecule has 0 unspecified atom stereocenters. The van der Waals surface area contributed by atoms with Crippen LogP contribution in [0.25, 0.3) is 10.9 Å². The molecule has 0 spiro atoms. The molecular formula is C27H25N3O5. The molecule has 2 amide bonds. The fourth-order valence-electron chi connectivity index (χ4n) is 3.97. The number of anilines is 2. The predicted octanol–water partition coefficient (Wildman–Crippen LogP) is 5.78. The van der Waals surface area contributed by atoms with E-state index in [2.05, 4.69) is 10.3 Å². The summed E-state index contributed by atoms with van der Waals surface area (Å²) in [6.45, 7) is 2.83. The van der Waals surface area contributed by atoms with Gasteiger partial charge in [-0.25, -0.2) is 4.79 Å². The maximum atomic E-state index is 12.9. The quantitative estimate of drug-likeness (QED) is 0.397. The van der Waals surface area contributed by atoms with Gasteiger partial charge in [0.15, 0.2) is 11.5 Å². The van der Waals surface area contributed by atoms with E-state index in [-0.39, 0.29) is 6.03 Å². The Morgan fingerprint density at radius 2 is 1.74 bits per heavy atom. The van der Waals surface area contributed by atoms with Gasteiger partial charge in [0.2, 0.25) is 0 Å². The highest BCUT2D eigenvalue weighted by Crippen LogP contribution is 2.40. The second-order valence-electron chi connectivity index (χ2n) is 8.06. The monoisotopic (exact) mass is 471 g/mol. The molecule has 1 aromatic heterocycles. The SMILES string of the molecule is COc1cc2nccc(Oc3ccc4c(c3)OCCN4C(=O)Nc3ccc(C)cc3)c2cc1OC. The van der Waals surface area contributed by atoms with Gasteiger partial charge in [0.1, 0.15) is 23.9 Å². The fraction of sp³-hybridized carbons (Fsp3) is 0.185. The van der Waals surface area contributed by atoms with E-state index in [4.69, 9.17) is 18.9 Å². The zero-order valence-electron chi connectivity index (χ0n) is 19.7. The van der Waals surface area contributed by atoms with Gasteiger partial charge in [-0.3, -0.25) is 9.88 Å². The number of hydrogen-bond acceptors (Lipinski definition) is 6. The summed E-state index contributed by atoms with van der Waals surface area (Å²) in [6.07, 6.45) is 1.68. The summed E-state index contributed by atoms with van der Waals surface area (Å²) in [7, 11) is 3.17. The molecule has 0 radical (unpaired) electrons. The number of rotatable bonds is 5. The number of carbonyl (C=O) groups excluding carboxylic acids is 1. The van der Waals surface area contributed by atoms with Crippen LogP contribution in [0, 0.1) is 6.92 Å². The number of fused-ring (bicyclic) bond motifs is 2. The van der Waals surface area contributed by atoms with Crippen molar-refractivity contribution in [3.63, 3.8) is 0 Å². The number of pyridine rings is 1. The van der Waals surface area contributed by atoms with Crippen LogP contribution in [0.15, 0.2) is 66.9 Å². The van der Waals surface area contributed by atoms with Gasteiger partial charge in [0, 0.05) is 29.4 Å². The smallest absolute Gasteiger partial charge is 0.326 e. The van der Waals surface area contributed by atoms with Crippen molar-refractivity contribution >= 4 is 28.3 Å². The summed E-state index contributed by atoms with van der Waals surface area (Å²) in [5.74, 6) is 2.94. The van der Waals surface area contributed by atoms with Crippen molar-refractivity contribution in [2.45, 2.75) is 6.92 Å². The summed E-state index contributed by atoms with van der Waals surface area (Å²) in [5, 5.41) is 3.73. The Balaban J connectivity index is 1.40. The molecular weight excluding hydrogens is 446 g/mol. The topological polar surface area (TPSA) is 82.2 Å². The summed E-state index contributed by atoms with van der Waals surface area (Å²) in [4.78, 5) is 19.0. The number of amides is 2. The third-order valence-electron chi connectivity index (χ3n) is 5.78. The second kappa shape index (κ2) is 9.42. The minimum absolute atomic E-state index is 0.215. The lowest BCUT2D eigenvalue weighted by Crippen LogP contribution is -2.40. The van der Waals surface area contributed by atoms with Crippen molar-refractivity contribution in [3.8, 4) is 28.7 Å². The summed E-state index contributed by atoms with van der Waals surface area (Å²) in [5.41, 5.74) is 3.27. The highest BCUT2D eigenvalue weighted by Gasteiger charge is 2.24. The first kappa shape index (κ1) is 22.3. The largest absolute Gasteiger partial charge is 0.493 e. The van der Waals surface area contributed by atoms with E-state index in [0.717, 1.165) is 16.6 Å². The Bertz CT molecular complexity index is 1390. The van der Waals surface area contributed by atoms with Gasteiger partial charge in [-0.15, -0.1) is 0 Å². The maximum Gasteiger partial charge on any atom is 0.326 e. The molecule has 1 aliphatic rings. The van der Waals surface area contributed by atoms with Gasteiger partial charge in [-0.1, -0.05) is 17.7 Å². The highest BCUT2D eigenvalue weighted by atomic mass is 16.5. The van der Waals surface area contributed by atoms with E-state index in [1.54, 1.807) is 37.4 Å². The van der Waals surface area contributed by atoms with E-state index in [0.29, 0.717) is 53.1 Å². The Morgan fingerprint density at radius 3 is 2.51 bits per heavy atom. The van der Waals surface area contributed by atoms with Crippen molar-refractivity contribution in [3.05, 3.63) is 72.4 Å². The van der Waals surface area contributed by atoms with Crippen molar-refractivity contribution < 1.29 is 23.7 Å². The average molecular weight is 472 g/mol. The number of hydrogen-bond donors (Lipinski definition) is 1. The van der Waals surface area contributed by atoms with Gasteiger partial charge in [0.05, 0.1) is 32.0 Å². The Labute approximate surface area is 203 Å². The van der Waals surface area contributed by atoms with Crippen molar-refractivity contribution in [2.24, 2.45) is 0 Å². The third kappa shape index (κ3) is 4.50. The molecule has 0 saturated heterocycles. The zero-order valence-corrected chi connectivity index (χ0v) is 19.7. The van der Waals surface area contributed by atoms with Crippen LogP contribution in [0.5, 0.6) is 28.7 Å². The van der Waals surface area contributed by atoms with Gasteiger partial charge in [-0.2, -0.15) is 0 Å². The third-order valence-corrected chi connectivity index (χ3v) is 5.78. The first-order valence-corrected chi connectivity index (χ1v) is 11.2. The van der Waals surface area contributed by atoms with Crippen LogP contribution in [0.3, 0.4) is 0 Å². The molecule has 0 aliphatic carbocycles. The minimum atomic E-state index is -0.215. The number of nitrogens with zero attached hydrogens (tertiary/aromatic N) is 2. The van der Waals surface area contributed by atoms with Gasteiger partial charge in [-0.05, 0) is 43.3 Å². The first-order chi connectivity index (χ1) is 17.1. The molecule has 4 aromatic rings. The number of benzene rings is 3. The predicted molar refractivity (Wildman–Crippen MR) is 134 cm³/mol. The minimum Gasteiger partial charge on any atom is -0.493 e. The Kier molecular flexibility index (Phi) is 6.01. The van der Waals surface area contributed by atoms with E-state index in [1.807, 2.05) is 55.5 Å². The molecule has 0 saturated carbocycles. The average Bonchev–Trinajstić information content (AvgIpc) is 2.88. The van der Waals surface area contributed by atoms with Crippen LogP contribution in [0.1, 0.15) is 5.56 Å². The van der Waals surface area contributed by atoms with Crippen molar-refractivity contribution in [1.82, 2.24) is 4.98 Å². The first-order valence-electron chi connectivity index (χ1n) is 11.2. The van der Waals surface area contributed by atoms with Crippen LogP contribution in [-0.4, -0.2) is 38.4 Å². The number of urea groups is 1. The number of ether oxygens (including phenoxy) is 4.